The second-order valence-electron chi connectivity index (χ2n) is 9.62. The molecule has 2 unspecified atom stereocenters. The van der Waals surface area contributed by atoms with Gasteiger partial charge in [0.25, 0.3) is 12.0 Å². The average Bonchev–Trinajstić information content (AvgIpc) is 3.47. The van der Waals surface area contributed by atoms with Crippen LogP contribution in [0.4, 0.5) is 45.2 Å². The SMILES string of the molecule is Cc1c(N2CCC(C(N)CC(C(F)(F)F)C(F)(F)F)C2)c(F)c(C(F)F)c2c(=O)[nH]c(=O)n(C3CC3)c12. The number of aromatic nitrogens is 2. The number of alkyl halides is 8. The van der Waals surface area contributed by atoms with Gasteiger partial charge in [-0.1, -0.05) is 0 Å². The predicted octanol–water partition coefficient (Wildman–Crippen LogP) is 4.69. The first-order valence-electron chi connectivity index (χ1n) is 11.5. The Kier molecular flexibility index (Phi) is 6.82. The van der Waals surface area contributed by atoms with E-state index in [1.165, 1.54) is 11.8 Å². The van der Waals surface area contributed by atoms with Gasteiger partial charge in [0.1, 0.15) is 0 Å². The van der Waals surface area contributed by atoms with Crippen LogP contribution in [0.3, 0.4) is 0 Å². The van der Waals surface area contributed by atoms with Crippen molar-refractivity contribution >= 4 is 16.6 Å². The van der Waals surface area contributed by atoms with Gasteiger partial charge in [0.05, 0.1) is 22.2 Å². The molecular formula is C22H23F9N4O2. The molecule has 0 amide bonds. The molecule has 2 fully saturated rings. The predicted molar refractivity (Wildman–Crippen MR) is 115 cm³/mol. The lowest BCUT2D eigenvalue weighted by atomic mass is 9.89. The van der Waals surface area contributed by atoms with Crippen LogP contribution in [0.2, 0.25) is 0 Å². The zero-order valence-corrected chi connectivity index (χ0v) is 19.3. The van der Waals surface area contributed by atoms with Gasteiger partial charge in [-0.05, 0) is 38.5 Å². The molecule has 0 radical (unpaired) electrons. The summed E-state index contributed by atoms with van der Waals surface area (Å²) in [5, 5.41) is -0.675. The molecule has 6 nitrogen and oxygen atoms in total. The van der Waals surface area contributed by atoms with E-state index < -0.39 is 77.1 Å². The van der Waals surface area contributed by atoms with Crippen molar-refractivity contribution in [1.82, 2.24) is 9.55 Å². The van der Waals surface area contributed by atoms with Crippen molar-refractivity contribution in [2.75, 3.05) is 18.0 Å². The first kappa shape index (κ1) is 27.3. The van der Waals surface area contributed by atoms with Crippen molar-refractivity contribution in [3.8, 4) is 0 Å². The number of nitrogens with two attached hydrogens (primary N) is 1. The second-order valence-corrected chi connectivity index (χ2v) is 9.62. The van der Waals surface area contributed by atoms with E-state index in [9.17, 15) is 44.7 Å². The number of hydrogen-bond acceptors (Lipinski definition) is 4. The molecule has 3 N–H and O–H groups in total. The molecule has 1 saturated heterocycles. The monoisotopic (exact) mass is 546 g/mol. The average molecular weight is 546 g/mol. The smallest absolute Gasteiger partial charge is 0.369 e. The number of rotatable bonds is 6. The maximum atomic E-state index is 15.6. The Bertz CT molecular complexity index is 1300. The van der Waals surface area contributed by atoms with Crippen molar-refractivity contribution in [2.24, 2.45) is 17.6 Å². The molecule has 1 aliphatic carbocycles. The number of benzene rings is 1. The molecule has 15 heteroatoms. The van der Waals surface area contributed by atoms with Crippen molar-refractivity contribution < 1.29 is 39.5 Å². The summed E-state index contributed by atoms with van der Waals surface area (Å²) in [4.78, 5) is 28.2. The maximum Gasteiger partial charge on any atom is 0.400 e. The van der Waals surface area contributed by atoms with Gasteiger partial charge >= 0.3 is 18.0 Å². The van der Waals surface area contributed by atoms with Crippen LogP contribution in [0.25, 0.3) is 10.9 Å². The van der Waals surface area contributed by atoms with Gasteiger partial charge < -0.3 is 10.6 Å². The third-order valence-electron chi connectivity index (χ3n) is 7.14. The number of halogens is 9. The molecular weight excluding hydrogens is 523 g/mol. The van der Waals surface area contributed by atoms with Crippen LogP contribution in [-0.2, 0) is 0 Å². The summed E-state index contributed by atoms with van der Waals surface area (Å²) < 4.78 is 123. The van der Waals surface area contributed by atoms with Gasteiger partial charge in [-0.15, -0.1) is 0 Å². The number of hydrogen-bond donors (Lipinski definition) is 2. The van der Waals surface area contributed by atoms with E-state index in [2.05, 4.69) is 0 Å². The Labute approximate surface area is 203 Å². The van der Waals surface area contributed by atoms with Crippen molar-refractivity contribution in [3.05, 3.63) is 37.8 Å². The molecule has 2 heterocycles. The standard InChI is InChI=1S/C22H23F9N4O2/c1-8-16-14(19(36)33-20(37)35(16)10-2-3-10)13(18(24)25)15(23)17(8)34-5-4-9(7-34)11(32)6-12(21(26,27)28)22(29,30)31/h9-12,18H,2-7,32H2,1H3,(H,33,36,37). The Morgan fingerprint density at radius 3 is 2.16 bits per heavy atom. The number of nitrogens with one attached hydrogen (secondary N) is 1. The first-order valence-corrected chi connectivity index (χ1v) is 11.5. The highest BCUT2D eigenvalue weighted by atomic mass is 19.4. The Balaban J connectivity index is 1.76. The van der Waals surface area contributed by atoms with Gasteiger partial charge in [-0.3, -0.25) is 14.3 Å². The van der Waals surface area contributed by atoms with Crippen LogP contribution in [0.5, 0.6) is 0 Å². The minimum absolute atomic E-state index is 0.00955. The van der Waals surface area contributed by atoms with Crippen LogP contribution in [0.1, 0.15) is 49.3 Å². The molecule has 37 heavy (non-hydrogen) atoms. The number of nitrogens with zero attached hydrogens (tertiary/aromatic N) is 2. The number of aromatic amines is 1. The molecule has 1 saturated carbocycles. The first-order chi connectivity index (χ1) is 17.0. The lowest BCUT2D eigenvalue weighted by Crippen LogP contribution is -2.43. The largest absolute Gasteiger partial charge is 0.400 e. The van der Waals surface area contributed by atoms with Crippen LogP contribution < -0.4 is 21.9 Å². The molecule has 1 aromatic carbocycles. The lowest BCUT2D eigenvalue weighted by Gasteiger charge is -2.29. The fourth-order valence-corrected chi connectivity index (χ4v) is 5.20. The van der Waals surface area contributed by atoms with Gasteiger partial charge in [0, 0.05) is 30.7 Å². The molecule has 4 rings (SSSR count). The van der Waals surface area contributed by atoms with E-state index in [4.69, 9.17) is 5.73 Å². The maximum absolute atomic E-state index is 15.6. The summed E-state index contributed by atoms with van der Waals surface area (Å²) in [6.07, 6.45) is -15.0. The van der Waals surface area contributed by atoms with Gasteiger partial charge in [-0.2, -0.15) is 26.3 Å². The van der Waals surface area contributed by atoms with Crippen LogP contribution in [0, 0.1) is 24.6 Å². The van der Waals surface area contributed by atoms with Crippen molar-refractivity contribution in [3.63, 3.8) is 0 Å². The molecule has 1 aliphatic heterocycles. The summed E-state index contributed by atoms with van der Waals surface area (Å²) in [6, 6.07) is -1.96. The molecule has 206 valence electrons. The third kappa shape index (κ3) is 4.93. The van der Waals surface area contributed by atoms with Crippen molar-refractivity contribution in [2.45, 2.75) is 63.5 Å². The number of aryl methyl sites for hydroxylation is 1. The number of fused-ring (bicyclic) bond motifs is 1. The van der Waals surface area contributed by atoms with Crippen LogP contribution in [0.15, 0.2) is 9.59 Å². The Morgan fingerprint density at radius 1 is 1.05 bits per heavy atom. The molecule has 2 aromatic rings. The number of H-pyrrole nitrogens is 1. The number of anilines is 1. The minimum atomic E-state index is -5.57. The van der Waals surface area contributed by atoms with E-state index in [1.54, 1.807) is 0 Å². The zero-order chi connectivity index (χ0) is 27.6. The summed E-state index contributed by atoms with van der Waals surface area (Å²) in [6.45, 7) is 0.931. The fraction of sp³-hybridized carbons (Fsp3) is 0.636. The minimum Gasteiger partial charge on any atom is -0.369 e. The van der Waals surface area contributed by atoms with E-state index in [-0.39, 0.29) is 36.3 Å². The van der Waals surface area contributed by atoms with Crippen LogP contribution in [-0.4, -0.2) is 41.0 Å². The summed E-state index contributed by atoms with van der Waals surface area (Å²) >= 11 is 0. The van der Waals surface area contributed by atoms with E-state index in [1.807, 2.05) is 4.98 Å². The molecule has 1 aromatic heterocycles. The van der Waals surface area contributed by atoms with Crippen molar-refractivity contribution in [1.29, 1.82) is 0 Å². The fourth-order valence-electron chi connectivity index (χ4n) is 5.20. The highest BCUT2D eigenvalue weighted by molar-refractivity contribution is 5.90. The molecule has 0 spiro atoms. The summed E-state index contributed by atoms with van der Waals surface area (Å²) in [5.74, 6) is -6.01. The van der Waals surface area contributed by atoms with Gasteiger partial charge in [0.2, 0.25) is 0 Å². The normalized spacial score (nSPS) is 20.0. The Morgan fingerprint density at radius 2 is 1.65 bits per heavy atom. The van der Waals surface area contributed by atoms with E-state index in [0.717, 1.165) is 4.57 Å². The van der Waals surface area contributed by atoms with E-state index in [0.29, 0.717) is 12.8 Å². The molecule has 2 aliphatic rings. The lowest BCUT2D eigenvalue weighted by molar-refractivity contribution is -0.287. The molecule has 0 bridgehead atoms. The second kappa shape index (κ2) is 9.24. The topological polar surface area (TPSA) is 84.1 Å². The molecule has 2 atom stereocenters. The Hall–Kier alpha value is -2.71. The van der Waals surface area contributed by atoms with Gasteiger partial charge in [-0.25, -0.2) is 18.0 Å². The summed E-state index contributed by atoms with van der Waals surface area (Å²) in [5.41, 5.74) is 1.89. The zero-order valence-electron chi connectivity index (χ0n) is 19.3. The quantitative estimate of drug-likeness (QED) is 0.515. The highest BCUT2D eigenvalue weighted by Crippen LogP contribution is 2.45. The third-order valence-corrected chi connectivity index (χ3v) is 7.14. The van der Waals surface area contributed by atoms with Crippen LogP contribution >= 0.6 is 0 Å². The highest BCUT2D eigenvalue weighted by Gasteiger charge is 2.57. The summed E-state index contributed by atoms with van der Waals surface area (Å²) in [7, 11) is 0. The van der Waals surface area contributed by atoms with Gasteiger partial charge in [0.15, 0.2) is 11.7 Å². The van der Waals surface area contributed by atoms with E-state index >= 15 is 4.39 Å².